The molecule has 2 N–H and O–H groups in total. The minimum Gasteiger partial charge on any atom is -0.493 e. The molecule has 1 aliphatic rings. The summed E-state index contributed by atoms with van der Waals surface area (Å²) in [6, 6.07) is 29.0. The van der Waals surface area contributed by atoms with Crippen molar-refractivity contribution < 1.29 is 14.6 Å². The number of aryl methyl sites for hydroxylation is 1. The fraction of sp³-hybridized carbons (Fsp3) is 0.233. The van der Waals surface area contributed by atoms with Gasteiger partial charge in [0.15, 0.2) is 0 Å². The Kier molecular flexibility index (Phi) is 7.29. The lowest BCUT2D eigenvalue weighted by Gasteiger charge is -2.26. The number of fused-ring (bicyclic) bond motifs is 2. The molecule has 4 aromatic carbocycles. The fourth-order valence-electron chi connectivity index (χ4n) is 4.56. The molecule has 1 unspecified atom stereocenters. The Balaban J connectivity index is 0.000000172. The van der Waals surface area contributed by atoms with Crippen LogP contribution in [0.1, 0.15) is 57.9 Å². The summed E-state index contributed by atoms with van der Waals surface area (Å²) < 4.78 is 5.66. The smallest absolute Gasteiger partial charge is 0.335 e. The van der Waals surface area contributed by atoms with E-state index >= 15 is 0 Å². The van der Waals surface area contributed by atoms with Crippen molar-refractivity contribution in [2.24, 2.45) is 0 Å². The molecule has 174 valence electrons. The summed E-state index contributed by atoms with van der Waals surface area (Å²) in [5, 5.41) is 15.2. The van der Waals surface area contributed by atoms with Gasteiger partial charge in [-0.25, -0.2) is 4.79 Å². The highest BCUT2D eigenvalue weighted by Gasteiger charge is 2.23. The minimum atomic E-state index is -0.871. The third kappa shape index (κ3) is 4.97. The maximum Gasteiger partial charge on any atom is 0.335 e. The summed E-state index contributed by atoms with van der Waals surface area (Å²) in [5.74, 6) is 0.240. The number of para-hydroxylation sites is 1. The summed E-state index contributed by atoms with van der Waals surface area (Å²) in [6.45, 7) is 4.67. The largest absolute Gasteiger partial charge is 0.493 e. The number of rotatable bonds is 4. The number of carboxylic acids is 1. The van der Waals surface area contributed by atoms with Crippen LogP contribution in [0.4, 0.5) is 0 Å². The van der Waals surface area contributed by atoms with Crippen LogP contribution in [0.2, 0.25) is 0 Å². The predicted octanol–water partition coefficient (Wildman–Crippen LogP) is 6.73. The average Bonchev–Trinajstić information content (AvgIpc) is 2.88. The van der Waals surface area contributed by atoms with E-state index < -0.39 is 5.97 Å². The lowest BCUT2D eigenvalue weighted by molar-refractivity contribution is 0.0696. The molecule has 0 saturated heterocycles. The number of carboxylic acid groups (broad SMARTS) is 1. The summed E-state index contributed by atoms with van der Waals surface area (Å²) in [4.78, 5) is 11.3. The fourth-order valence-corrected chi connectivity index (χ4v) is 4.56. The van der Waals surface area contributed by atoms with Crippen molar-refractivity contribution >= 4 is 16.7 Å². The Morgan fingerprint density at radius 3 is 2.53 bits per heavy atom. The molecule has 0 amide bonds. The first-order valence-corrected chi connectivity index (χ1v) is 11.7. The molecule has 0 saturated carbocycles. The molecule has 4 heteroatoms. The van der Waals surface area contributed by atoms with Gasteiger partial charge in [0.05, 0.1) is 12.2 Å². The Labute approximate surface area is 201 Å². The van der Waals surface area contributed by atoms with Crippen molar-refractivity contribution in [1.29, 1.82) is 0 Å². The number of hydrogen-bond acceptors (Lipinski definition) is 3. The normalized spacial score (nSPS) is 15.4. The van der Waals surface area contributed by atoms with E-state index in [0.717, 1.165) is 28.9 Å². The summed E-state index contributed by atoms with van der Waals surface area (Å²) in [6.07, 6.45) is 0.874. The molecule has 0 radical (unpaired) electrons. The maximum absolute atomic E-state index is 11.3. The van der Waals surface area contributed by atoms with E-state index in [2.05, 4.69) is 60.8 Å². The number of benzene rings is 4. The van der Waals surface area contributed by atoms with Gasteiger partial charge < -0.3 is 15.2 Å². The van der Waals surface area contributed by atoms with E-state index in [-0.39, 0.29) is 5.92 Å². The highest BCUT2D eigenvalue weighted by Crippen LogP contribution is 2.38. The molecule has 0 fully saturated rings. The minimum absolute atomic E-state index is 0.207. The van der Waals surface area contributed by atoms with Gasteiger partial charge in [-0.15, -0.1) is 0 Å². The van der Waals surface area contributed by atoms with Gasteiger partial charge in [0.1, 0.15) is 5.75 Å². The molecular weight excluding hydrogens is 422 g/mol. The van der Waals surface area contributed by atoms with Gasteiger partial charge in [-0.05, 0) is 66.9 Å². The van der Waals surface area contributed by atoms with Gasteiger partial charge in [0, 0.05) is 17.5 Å². The van der Waals surface area contributed by atoms with E-state index in [9.17, 15) is 9.90 Å². The Morgan fingerprint density at radius 1 is 1.00 bits per heavy atom. The summed E-state index contributed by atoms with van der Waals surface area (Å²) >= 11 is 0. The first kappa shape index (κ1) is 23.5. The second kappa shape index (κ2) is 10.5. The SMILES string of the molecule is CN[C@H](C)c1cccc2ccccc12.Cc1ccc(C2CCOc3ccccc32)cc1C(=O)O. The second-order valence-corrected chi connectivity index (χ2v) is 8.69. The third-order valence-corrected chi connectivity index (χ3v) is 6.58. The molecule has 5 rings (SSSR count). The van der Waals surface area contributed by atoms with Crippen LogP contribution >= 0.6 is 0 Å². The molecule has 0 aliphatic carbocycles. The van der Waals surface area contributed by atoms with Crippen LogP contribution in [0.3, 0.4) is 0 Å². The van der Waals surface area contributed by atoms with Gasteiger partial charge in [-0.2, -0.15) is 0 Å². The van der Waals surface area contributed by atoms with Gasteiger partial charge in [0.25, 0.3) is 0 Å². The monoisotopic (exact) mass is 453 g/mol. The summed E-state index contributed by atoms with van der Waals surface area (Å²) in [5.41, 5.74) is 4.72. The van der Waals surface area contributed by atoms with Crippen molar-refractivity contribution in [3.63, 3.8) is 0 Å². The Bertz CT molecular complexity index is 1290. The van der Waals surface area contributed by atoms with Gasteiger partial charge in [-0.1, -0.05) is 72.8 Å². The number of hydrogen-bond donors (Lipinski definition) is 2. The van der Waals surface area contributed by atoms with Crippen molar-refractivity contribution in [3.05, 3.63) is 113 Å². The zero-order valence-electron chi connectivity index (χ0n) is 19.9. The highest BCUT2D eigenvalue weighted by molar-refractivity contribution is 5.89. The molecule has 0 aromatic heterocycles. The van der Waals surface area contributed by atoms with Crippen LogP contribution in [-0.2, 0) is 0 Å². The number of nitrogens with one attached hydrogen (secondary N) is 1. The molecule has 4 nitrogen and oxygen atoms in total. The lowest BCUT2D eigenvalue weighted by Crippen LogP contribution is -2.15. The van der Waals surface area contributed by atoms with Crippen molar-refractivity contribution in [2.45, 2.75) is 32.2 Å². The van der Waals surface area contributed by atoms with Crippen molar-refractivity contribution in [1.82, 2.24) is 5.32 Å². The molecular formula is C30H31NO3. The van der Waals surface area contributed by atoms with Gasteiger partial charge in [0.2, 0.25) is 0 Å². The van der Waals surface area contributed by atoms with Crippen LogP contribution in [0.25, 0.3) is 10.8 Å². The topological polar surface area (TPSA) is 58.6 Å². The van der Waals surface area contributed by atoms with Crippen LogP contribution < -0.4 is 10.1 Å². The highest BCUT2D eigenvalue weighted by atomic mass is 16.5. The van der Waals surface area contributed by atoms with Crippen LogP contribution in [-0.4, -0.2) is 24.7 Å². The first-order valence-electron chi connectivity index (χ1n) is 11.7. The van der Waals surface area contributed by atoms with E-state index in [0.29, 0.717) is 18.2 Å². The van der Waals surface area contributed by atoms with Gasteiger partial charge in [-0.3, -0.25) is 0 Å². The van der Waals surface area contributed by atoms with E-state index in [1.165, 1.54) is 16.3 Å². The molecule has 1 heterocycles. The molecule has 0 spiro atoms. The molecule has 2 atom stereocenters. The molecule has 1 aliphatic heterocycles. The number of ether oxygens (including phenoxy) is 1. The predicted molar refractivity (Wildman–Crippen MR) is 138 cm³/mol. The van der Waals surface area contributed by atoms with Crippen molar-refractivity contribution in [3.8, 4) is 5.75 Å². The average molecular weight is 454 g/mol. The zero-order valence-corrected chi connectivity index (χ0v) is 19.9. The Morgan fingerprint density at radius 2 is 1.74 bits per heavy atom. The van der Waals surface area contributed by atoms with Crippen LogP contribution in [0.15, 0.2) is 84.9 Å². The quantitative estimate of drug-likeness (QED) is 0.360. The number of carbonyl (C=O) groups is 1. The second-order valence-electron chi connectivity index (χ2n) is 8.69. The van der Waals surface area contributed by atoms with Crippen molar-refractivity contribution in [2.75, 3.05) is 13.7 Å². The third-order valence-electron chi connectivity index (χ3n) is 6.58. The zero-order chi connectivity index (χ0) is 24.1. The van der Waals surface area contributed by atoms with E-state index in [4.69, 9.17) is 4.74 Å². The van der Waals surface area contributed by atoms with Gasteiger partial charge >= 0.3 is 5.97 Å². The first-order chi connectivity index (χ1) is 16.5. The molecule has 0 bridgehead atoms. The molecule has 4 aromatic rings. The lowest BCUT2D eigenvalue weighted by atomic mass is 9.85. The number of aromatic carboxylic acids is 1. The maximum atomic E-state index is 11.3. The molecule has 34 heavy (non-hydrogen) atoms. The summed E-state index contributed by atoms with van der Waals surface area (Å²) in [7, 11) is 1.99. The van der Waals surface area contributed by atoms with E-state index in [1.807, 2.05) is 44.3 Å². The van der Waals surface area contributed by atoms with Crippen LogP contribution in [0, 0.1) is 6.92 Å². The standard InChI is InChI=1S/C17H16O3.C13H15N/c1-11-6-7-12(10-15(11)17(18)19)13-8-9-20-16-5-3-2-4-14(13)16;1-10(14-2)12-9-5-7-11-6-3-4-8-13(11)12/h2-7,10,13H,8-9H2,1H3,(H,18,19);3-10,14H,1-2H3/t;10-/m.1/s1. The van der Waals surface area contributed by atoms with Crippen LogP contribution in [0.5, 0.6) is 5.75 Å². The Hall–Kier alpha value is -3.63. The van der Waals surface area contributed by atoms with E-state index in [1.54, 1.807) is 6.07 Å².